The average Bonchev–Trinajstić information content (AvgIpc) is 0.871. The van der Waals surface area contributed by atoms with E-state index in [2.05, 4.69) is 0 Å². The third-order valence-electron chi connectivity index (χ3n) is 15.4. The topological polar surface area (TPSA) is 716 Å². The molecule has 0 aliphatic heterocycles. The molecule has 0 saturated heterocycles. The summed E-state index contributed by atoms with van der Waals surface area (Å²) in [6.07, 6.45) is 0. The molecule has 0 saturated carbocycles. The third-order valence-corrected chi connectivity index (χ3v) is 15.4. The second kappa shape index (κ2) is 62.4. The molecular weight excluding hydrogens is 2070 g/mol. The van der Waals surface area contributed by atoms with Gasteiger partial charge in [-0.15, -0.1) is 0 Å². The minimum atomic E-state index is -1.23. The van der Waals surface area contributed by atoms with Crippen LogP contribution in [0.25, 0.3) is 66.8 Å². The van der Waals surface area contributed by atoms with E-state index < -0.39 is 71.6 Å². The van der Waals surface area contributed by atoms with Gasteiger partial charge in [0, 0.05) is 0 Å². The van der Waals surface area contributed by atoms with Crippen molar-refractivity contribution in [2.24, 2.45) is 0 Å². The van der Waals surface area contributed by atoms with Crippen molar-refractivity contribution < 1.29 is 320 Å². The fourth-order valence-electron chi connectivity index (χ4n) is 9.59. The molecule has 12 aromatic rings. The molecule has 0 radical (unpaired) electrons. The van der Waals surface area contributed by atoms with Gasteiger partial charge in [-0.05, 0) is 134 Å². The van der Waals surface area contributed by atoms with E-state index in [0.717, 1.165) is 66.8 Å². The summed E-state index contributed by atoms with van der Waals surface area (Å²) in [5.41, 5.74) is 10.8. The summed E-state index contributed by atoms with van der Waals surface area (Å²) in [6, 6.07) is 73.9. The molecule has 32 nitrogen and oxygen atoms in total. The van der Waals surface area contributed by atoms with Gasteiger partial charge in [-0.2, -0.15) is 0 Å². The maximum absolute atomic E-state index is 10.6. The average molecular weight is 2120 g/mol. The molecule has 0 fully saturated rings. The molecule has 0 aromatic heterocycles. The maximum Gasteiger partial charge on any atom is 4.00 e. The zero-order chi connectivity index (χ0) is 78.7. The largest absolute Gasteiger partial charge is 4.00 e. The van der Waals surface area contributed by atoms with Gasteiger partial charge in [0.05, 0.1) is 71.6 Å². The molecule has 0 aliphatic rings. The Morgan fingerprint density at radius 1 is 0.115 bits per heavy atom. The molecule has 12 aromatic carbocycles. The molecule has 12 rings (SSSR count). The number of hydrogen-bond acceptors (Lipinski definition) is 28. The summed E-state index contributed by atoms with van der Waals surface area (Å²) in [7, 11) is 0. The van der Waals surface area contributed by atoms with Crippen molar-refractivity contribution >= 4 is 71.6 Å². The van der Waals surface area contributed by atoms with Crippen LogP contribution in [0.5, 0.6) is 0 Å². The first kappa shape index (κ1) is 127. The summed E-state index contributed by atoms with van der Waals surface area (Å²) in [6.45, 7) is 0. The van der Waals surface area contributed by atoms with Crippen LogP contribution in [-0.4, -0.2) is 93.5 Å². The van der Waals surface area contributed by atoms with Crippen LogP contribution in [-0.2, 0) is 179 Å². The predicted molar refractivity (Wildman–Crippen MR) is 374 cm³/mol. The van der Waals surface area contributed by atoms with Crippen molar-refractivity contribution in [3.05, 3.63) is 358 Å². The SMILES string of the molecule is O=C([O-])c1ccc(-c2ccc(C(=O)[O-])cc2)cc1.O=C([O-])c1ccc(-c2ccc(C(=O)[O-])cc2)cc1.O=C([O-])c1ccc(-c2ccc(C(=O)[O-])cc2)cc1.O=C([O-])c1ccc(-c2ccc(C(=O)[O-])cc2)cc1.O=C([O-])c1ccc(-c2ccc(C(=O)[O-])cc2)cc1.O=C([O-])c1ccc(-c2ccc(C(=O)[O-])cc2)cc1.[O-2].[O-2].[O-2].[O-2].[OH-].[OH-].[OH-].[OH-].[Zr+4].[Zr+4].[Zr+4].[Zr+4].[Zr+4].[Zr+4]. The van der Waals surface area contributed by atoms with Crippen LogP contribution in [0.1, 0.15) is 124 Å². The number of carbonyl (C=O) groups excluding carboxylic acids is 12. The summed E-state index contributed by atoms with van der Waals surface area (Å²) >= 11 is 0. The molecule has 4 N–H and O–H groups in total. The van der Waals surface area contributed by atoms with Crippen LogP contribution in [0.4, 0.5) is 0 Å². The van der Waals surface area contributed by atoms with Gasteiger partial charge in [-0.25, -0.2) is 0 Å². The summed E-state index contributed by atoms with van der Waals surface area (Å²) in [4.78, 5) is 127. The van der Waals surface area contributed by atoms with Gasteiger partial charge in [0.15, 0.2) is 0 Å². The van der Waals surface area contributed by atoms with E-state index >= 15 is 0 Å². The van der Waals surface area contributed by atoms with Crippen LogP contribution >= 0.6 is 0 Å². The second-order valence-electron chi connectivity index (χ2n) is 22.4. The minimum absolute atomic E-state index is 0. The van der Waals surface area contributed by atoms with E-state index in [1.165, 1.54) is 146 Å². The first-order valence-electron chi connectivity index (χ1n) is 31.3. The molecule has 0 aliphatic carbocycles. The van der Waals surface area contributed by atoms with Crippen LogP contribution in [0.15, 0.2) is 291 Å². The van der Waals surface area contributed by atoms with Gasteiger partial charge in [0.1, 0.15) is 0 Å². The first-order chi connectivity index (χ1) is 51.5. The molecule has 604 valence electrons. The van der Waals surface area contributed by atoms with Crippen molar-refractivity contribution in [3.63, 3.8) is 0 Å². The molecule has 0 amide bonds. The predicted octanol–water partition coefficient (Wildman–Crippen LogP) is -0.714. The number of benzene rings is 12. The van der Waals surface area contributed by atoms with E-state index in [0.29, 0.717) is 0 Å². The standard InChI is InChI=1S/6C14H10O4.4H2O.4O.6Zr/c6*15-13(16)11-5-1-9(2-6-11)10-3-7-12(8-4-10)14(17)18;;;;;;;;;;;;;;/h6*1-8H,(H,15,16)(H,17,18);4*1H2;;;;;;;;;;/q;;;;;;;;;;4*-2;6*+4/p-16. The van der Waals surface area contributed by atoms with E-state index in [1.807, 2.05) is 0 Å². The smallest absolute Gasteiger partial charge is 2.00 e. The number of hydrogen-bond donors (Lipinski definition) is 0. The van der Waals surface area contributed by atoms with E-state index in [9.17, 15) is 119 Å². The van der Waals surface area contributed by atoms with E-state index in [-0.39, 0.29) is 268 Å². The maximum atomic E-state index is 10.6. The van der Waals surface area contributed by atoms with Crippen LogP contribution in [0, 0.1) is 0 Å². The Morgan fingerprint density at radius 3 is 0.189 bits per heavy atom. The van der Waals surface area contributed by atoms with Crippen LogP contribution in [0.3, 0.4) is 0 Å². The zero-order valence-corrected chi connectivity index (χ0v) is 76.7. The molecule has 0 spiro atoms. The van der Waals surface area contributed by atoms with Gasteiger partial charge in [-0.3, -0.25) is 0 Å². The molecule has 0 heterocycles. The van der Waals surface area contributed by atoms with Crippen molar-refractivity contribution in [1.82, 2.24) is 0 Å². The second-order valence-corrected chi connectivity index (χ2v) is 22.4. The first-order valence-corrected chi connectivity index (χ1v) is 31.3. The summed E-state index contributed by atoms with van der Waals surface area (Å²) in [5.74, 6) is -14.7. The van der Waals surface area contributed by atoms with Crippen molar-refractivity contribution in [2.45, 2.75) is 0 Å². The van der Waals surface area contributed by atoms with Crippen LogP contribution < -0.4 is 61.3 Å². The molecule has 0 bridgehead atoms. The van der Waals surface area contributed by atoms with Crippen molar-refractivity contribution in [2.75, 3.05) is 0 Å². The Hall–Kier alpha value is -10.7. The molecular formula is C84H52O32Zr6. The van der Waals surface area contributed by atoms with Gasteiger partial charge < -0.3 is 163 Å². The Kier molecular flexibility index (Phi) is 64.9. The van der Waals surface area contributed by atoms with E-state index in [4.69, 9.17) is 0 Å². The monoisotopic (exact) mass is 2110 g/mol. The Bertz CT molecular complexity index is 4070. The Labute approximate surface area is 807 Å². The number of carbonyl (C=O) groups is 12. The number of carboxylic acids is 12. The van der Waals surface area contributed by atoms with Crippen LogP contribution in [0.2, 0.25) is 0 Å². The molecule has 0 atom stereocenters. The Balaban J connectivity index is -0.000000208. The van der Waals surface area contributed by atoms with Gasteiger partial charge in [-0.1, -0.05) is 291 Å². The fraction of sp³-hybridized carbons (Fsp3) is 0. The van der Waals surface area contributed by atoms with Gasteiger partial charge in [0.2, 0.25) is 0 Å². The number of carboxylic acid groups (broad SMARTS) is 12. The van der Waals surface area contributed by atoms with E-state index in [1.54, 1.807) is 146 Å². The number of rotatable bonds is 18. The minimum Gasteiger partial charge on any atom is -2.00 e. The molecule has 0 unspecified atom stereocenters. The van der Waals surface area contributed by atoms with Gasteiger partial charge >= 0.3 is 157 Å². The molecule has 122 heavy (non-hydrogen) atoms. The quantitative estimate of drug-likeness (QED) is 0.102. The number of aromatic carboxylic acids is 12. The summed E-state index contributed by atoms with van der Waals surface area (Å²) < 4.78 is 0. The Morgan fingerprint density at radius 2 is 0.156 bits per heavy atom. The van der Waals surface area contributed by atoms with Crippen molar-refractivity contribution in [3.8, 4) is 66.8 Å². The molecule has 38 heteroatoms. The third kappa shape index (κ3) is 39.0. The van der Waals surface area contributed by atoms with Gasteiger partial charge in [0.25, 0.3) is 0 Å². The fourth-order valence-corrected chi connectivity index (χ4v) is 9.59. The van der Waals surface area contributed by atoms with Crippen molar-refractivity contribution in [1.29, 1.82) is 0 Å². The summed E-state index contributed by atoms with van der Waals surface area (Å²) in [5, 5.41) is 127. The normalized spacial score (nSPS) is 8.85. The zero-order valence-electron chi connectivity index (χ0n) is 61.9.